The van der Waals surface area contributed by atoms with E-state index in [1.807, 2.05) is 18.0 Å². The van der Waals surface area contributed by atoms with Gasteiger partial charge >= 0.3 is 0 Å². The van der Waals surface area contributed by atoms with Crippen LogP contribution in [-0.4, -0.2) is 44.0 Å². The maximum absolute atomic E-state index is 12.8. The minimum absolute atomic E-state index is 0.0159. The molecule has 2 aliphatic rings. The number of fused-ring (bicyclic) bond motifs is 2. The van der Waals surface area contributed by atoms with Crippen molar-refractivity contribution in [2.24, 2.45) is 0 Å². The van der Waals surface area contributed by atoms with E-state index in [0.29, 0.717) is 12.1 Å². The standard InChI is InChI=1S/C18H20N4O2/c1-12-20-9-13-3-5-18(16(13)21-12)4-2-6-22(11-18)17(24)14-7-15(23)10-19-8-14/h7-10,23H,2-6,11H2,1H3. The first-order valence-electron chi connectivity index (χ1n) is 8.34. The first-order chi connectivity index (χ1) is 11.6. The van der Waals surface area contributed by atoms with Gasteiger partial charge in [0.25, 0.3) is 5.91 Å². The molecular formula is C18H20N4O2. The number of amides is 1. The average Bonchev–Trinajstić information content (AvgIpc) is 2.92. The number of hydrogen-bond acceptors (Lipinski definition) is 5. The third-order valence-corrected chi connectivity index (χ3v) is 5.20. The summed E-state index contributed by atoms with van der Waals surface area (Å²) in [5.74, 6) is 0.731. The predicted octanol–water partition coefficient (Wildman–Crippen LogP) is 2.01. The molecule has 1 atom stereocenters. The van der Waals surface area contributed by atoms with E-state index in [1.54, 1.807) is 0 Å². The Morgan fingerprint density at radius 2 is 2.17 bits per heavy atom. The van der Waals surface area contributed by atoms with Crippen LogP contribution >= 0.6 is 0 Å². The first-order valence-corrected chi connectivity index (χ1v) is 8.34. The molecule has 6 heteroatoms. The highest BCUT2D eigenvalue weighted by Crippen LogP contribution is 2.44. The van der Waals surface area contributed by atoms with Crippen molar-refractivity contribution in [3.05, 3.63) is 47.3 Å². The second kappa shape index (κ2) is 5.54. The summed E-state index contributed by atoms with van der Waals surface area (Å²) in [5.41, 5.74) is 2.72. The van der Waals surface area contributed by atoms with Gasteiger partial charge in [0.15, 0.2) is 0 Å². The number of rotatable bonds is 1. The summed E-state index contributed by atoms with van der Waals surface area (Å²) < 4.78 is 0. The second-order valence-corrected chi connectivity index (χ2v) is 6.83. The minimum atomic E-state index is -0.0725. The Bertz CT molecular complexity index is 803. The highest BCUT2D eigenvalue weighted by atomic mass is 16.3. The highest BCUT2D eigenvalue weighted by Gasteiger charge is 2.44. The fourth-order valence-corrected chi connectivity index (χ4v) is 4.06. The zero-order valence-corrected chi connectivity index (χ0v) is 13.7. The second-order valence-electron chi connectivity index (χ2n) is 6.83. The molecule has 1 amide bonds. The van der Waals surface area contributed by atoms with Gasteiger partial charge in [0.05, 0.1) is 17.5 Å². The Morgan fingerprint density at radius 1 is 1.29 bits per heavy atom. The number of piperidine rings is 1. The molecule has 1 saturated heterocycles. The van der Waals surface area contributed by atoms with Crippen molar-refractivity contribution >= 4 is 5.91 Å². The van der Waals surface area contributed by atoms with Gasteiger partial charge in [0.1, 0.15) is 11.6 Å². The lowest BCUT2D eigenvalue weighted by Crippen LogP contribution is -2.48. The number of hydrogen-bond donors (Lipinski definition) is 1. The zero-order chi connectivity index (χ0) is 16.7. The summed E-state index contributed by atoms with van der Waals surface area (Å²) in [6, 6.07) is 1.48. The lowest BCUT2D eigenvalue weighted by atomic mass is 9.77. The molecule has 6 nitrogen and oxygen atoms in total. The van der Waals surface area contributed by atoms with Crippen LogP contribution in [0.3, 0.4) is 0 Å². The normalized spacial score (nSPS) is 22.6. The number of pyridine rings is 1. The van der Waals surface area contributed by atoms with Gasteiger partial charge in [0.2, 0.25) is 0 Å². The Kier molecular flexibility index (Phi) is 3.48. The number of aromatic nitrogens is 3. The number of aromatic hydroxyl groups is 1. The van der Waals surface area contributed by atoms with Crippen LogP contribution in [0.2, 0.25) is 0 Å². The van der Waals surface area contributed by atoms with Crippen molar-refractivity contribution < 1.29 is 9.90 Å². The maximum Gasteiger partial charge on any atom is 0.255 e. The molecule has 2 aromatic heterocycles. The summed E-state index contributed by atoms with van der Waals surface area (Å²) in [4.78, 5) is 27.6. The van der Waals surface area contributed by atoms with Crippen molar-refractivity contribution in [2.75, 3.05) is 13.1 Å². The lowest BCUT2D eigenvalue weighted by molar-refractivity contribution is 0.0632. The number of aryl methyl sites for hydroxylation is 2. The molecular weight excluding hydrogens is 304 g/mol. The molecule has 0 aromatic carbocycles. The molecule has 124 valence electrons. The van der Waals surface area contributed by atoms with Gasteiger partial charge in [-0.05, 0) is 44.2 Å². The fraction of sp³-hybridized carbons (Fsp3) is 0.444. The molecule has 1 N–H and O–H groups in total. The Labute approximate surface area is 140 Å². The number of likely N-dealkylation sites (tertiary alicyclic amines) is 1. The van der Waals surface area contributed by atoms with E-state index in [4.69, 9.17) is 4.98 Å². The lowest BCUT2D eigenvalue weighted by Gasteiger charge is -2.40. The Morgan fingerprint density at radius 3 is 3.00 bits per heavy atom. The van der Waals surface area contributed by atoms with Crippen LogP contribution in [0.4, 0.5) is 0 Å². The summed E-state index contributed by atoms with van der Waals surface area (Å²) in [6.07, 6.45) is 8.79. The van der Waals surface area contributed by atoms with Crippen LogP contribution < -0.4 is 0 Å². The molecule has 0 saturated carbocycles. The summed E-state index contributed by atoms with van der Waals surface area (Å²) >= 11 is 0. The van der Waals surface area contributed by atoms with Crippen molar-refractivity contribution in [3.8, 4) is 5.75 Å². The van der Waals surface area contributed by atoms with Crippen LogP contribution in [0.15, 0.2) is 24.7 Å². The van der Waals surface area contributed by atoms with Crippen molar-refractivity contribution in [2.45, 2.75) is 38.0 Å². The molecule has 1 fully saturated rings. The fourth-order valence-electron chi connectivity index (χ4n) is 4.06. The van der Waals surface area contributed by atoms with Crippen LogP contribution in [-0.2, 0) is 11.8 Å². The first kappa shape index (κ1) is 15.1. The van der Waals surface area contributed by atoms with Crippen molar-refractivity contribution in [1.29, 1.82) is 0 Å². The number of carbonyl (C=O) groups excluding carboxylic acids is 1. The van der Waals surface area contributed by atoms with E-state index >= 15 is 0 Å². The summed E-state index contributed by atoms with van der Waals surface area (Å²) in [5, 5.41) is 9.58. The van der Waals surface area contributed by atoms with E-state index in [2.05, 4.69) is 9.97 Å². The quantitative estimate of drug-likeness (QED) is 0.868. The average molecular weight is 324 g/mol. The summed E-state index contributed by atoms with van der Waals surface area (Å²) in [6.45, 7) is 3.32. The van der Waals surface area contributed by atoms with Gasteiger partial charge < -0.3 is 10.0 Å². The van der Waals surface area contributed by atoms with Gasteiger partial charge in [-0.3, -0.25) is 9.78 Å². The van der Waals surface area contributed by atoms with Gasteiger partial charge in [-0.15, -0.1) is 0 Å². The largest absolute Gasteiger partial charge is 0.506 e. The number of carbonyl (C=O) groups is 1. The SMILES string of the molecule is Cc1ncc2c(n1)C1(CCCN(C(=O)c3cncc(O)c3)C1)CC2. The van der Waals surface area contributed by atoms with E-state index in [9.17, 15) is 9.90 Å². The Hall–Kier alpha value is -2.50. The molecule has 24 heavy (non-hydrogen) atoms. The molecule has 1 aliphatic carbocycles. The molecule has 4 rings (SSSR count). The monoisotopic (exact) mass is 324 g/mol. The van der Waals surface area contributed by atoms with E-state index in [1.165, 1.54) is 24.0 Å². The van der Waals surface area contributed by atoms with Crippen molar-refractivity contribution in [3.63, 3.8) is 0 Å². The molecule has 1 spiro atoms. The summed E-state index contributed by atoms with van der Waals surface area (Å²) in [7, 11) is 0. The minimum Gasteiger partial charge on any atom is -0.506 e. The predicted molar refractivity (Wildman–Crippen MR) is 87.8 cm³/mol. The van der Waals surface area contributed by atoms with Crippen LogP contribution in [0.25, 0.3) is 0 Å². The third kappa shape index (κ3) is 2.42. The van der Waals surface area contributed by atoms with E-state index in [-0.39, 0.29) is 17.1 Å². The molecule has 3 heterocycles. The maximum atomic E-state index is 12.8. The van der Waals surface area contributed by atoms with Crippen LogP contribution in [0, 0.1) is 6.92 Å². The van der Waals surface area contributed by atoms with Crippen LogP contribution in [0.1, 0.15) is 46.7 Å². The Balaban J connectivity index is 1.64. The molecule has 0 bridgehead atoms. The molecule has 2 aromatic rings. The van der Waals surface area contributed by atoms with E-state index < -0.39 is 0 Å². The zero-order valence-electron chi connectivity index (χ0n) is 13.7. The van der Waals surface area contributed by atoms with Gasteiger partial charge in [-0.2, -0.15) is 0 Å². The van der Waals surface area contributed by atoms with Gasteiger partial charge in [-0.1, -0.05) is 0 Å². The highest BCUT2D eigenvalue weighted by molar-refractivity contribution is 5.94. The molecule has 0 radical (unpaired) electrons. The molecule has 1 aliphatic heterocycles. The topological polar surface area (TPSA) is 79.2 Å². The van der Waals surface area contributed by atoms with Crippen LogP contribution in [0.5, 0.6) is 5.75 Å². The van der Waals surface area contributed by atoms with Gasteiger partial charge in [-0.25, -0.2) is 9.97 Å². The van der Waals surface area contributed by atoms with Crippen molar-refractivity contribution in [1.82, 2.24) is 19.9 Å². The van der Waals surface area contributed by atoms with Gasteiger partial charge in [0, 0.05) is 30.9 Å². The third-order valence-electron chi connectivity index (χ3n) is 5.20. The smallest absolute Gasteiger partial charge is 0.255 e. The molecule has 1 unspecified atom stereocenters. The van der Waals surface area contributed by atoms with E-state index in [0.717, 1.165) is 43.7 Å². The number of nitrogens with zero attached hydrogens (tertiary/aromatic N) is 4.